The largest absolute Gasteiger partial charge is 0.378 e. The molecule has 9 aliphatic rings. The lowest BCUT2D eigenvalue weighted by atomic mass is 9.84. The highest BCUT2D eigenvalue weighted by molar-refractivity contribution is 5.91. The van der Waals surface area contributed by atoms with Crippen LogP contribution >= 0.6 is 0 Å². The highest BCUT2D eigenvalue weighted by Crippen LogP contribution is 2.45. The van der Waals surface area contributed by atoms with Crippen molar-refractivity contribution in [2.45, 2.75) is 165 Å². The maximum Gasteiger partial charge on any atom is 0.161 e. The number of nitrogens with one attached hydrogen (secondary N) is 10. The Bertz CT molecular complexity index is 6900. The summed E-state index contributed by atoms with van der Waals surface area (Å²) in [7, 11) is 12.6. The molecule has 5 aliphatic carbocycles. The fourth-order valence-electron chi connectivity index (χ4n) is 22.9. The number of aromatic amines is 2. The number of H-pyrrole nitrogens is 2. The molecule has 2 atom stereocenters. The van der Waals surface area contributed by atoms with Crippen molar-refractivity contribution in [2.24, 2.45) is 27.1 Å². The lowest BCUT2D eigenvalue weighted by Crippen LogP contribution is -2.36. The second-order valence-corrected chi connectivity index (χ2v) is 39.7. The van der Waals surface area contributed by atoms with Crippen LogP contribution in [-0.2, 0) is 62.7 Å². The van der Waals surface area contributed by atoms with E-state index in [1.165, 1.54) is 204 Å². The number of hydrogen-bond acceptors (Lipinski definition) is 16. The molecule has 6 fully saturated rings. The van der Waals surface area contributed by atoms with Gasteiger partial charge in [0.05, 0.1) is 43.1 Å². The number of benzene rings is 7. The number of rotatable bonds is 18. The fraction of sp³-hybridized carbons (Fsp3) is 0.395. The first-order chi connectivity index (χ1) is 68.4. The number of aromatic nitrogens is 8. The zero-order valence-corrected chi connectivity index (χ0v) is 81.5. The standard InChI is InChI=1S/C29H36N4.C25H31N3O.C23H28N4O.C19H20F2N4.C18H17F3N4/c1-32-15-11-22(12-16-32)28-19-33(2)29-18-24(6-8-26(28)29)31-23-5-3-20-4-7-25(27(20)17-23)21-9-13-30-14-10-21;1-27-18-24(19-6-3-2-4-7-19)23-11-10-21(17-25(23)27)26-20-8-5-9-22(16-20)28-12-14-29-15-13-28;1-2-4-17(5-3-1)21-16-24-23-20(21)10-11-22(26-23)25-18-6-8-19(9-7-18)27-12-14-28-15-13-27;1-22-11-4-7-17-14(9-11)13-5-8-18(24-19(13)25(17)2)23-12-3-6-15(20)16(21)10-12;1-22-9-2-4-15-11(6-9)10-3-5-17(25-18(10)24-15)23-16-8-13(20)12(19)7-14(16)21/h3,5-8,17-19,21-22,30-31H,4,9-16H2,1-2H3;5,8-11,16-19,26H,2-4,6-7,12-15H2,1H3;6-11,16-17H,1-5,12-15H2,(H2,24,25,26);3,5-6,8,10-11,22H,4,7,9H2,1-2H3,(H,23,24);3,5,7-9,22H,2,4,6H2,1H3,(H2,23,24,25). The van der Waals surface area contributed by atoms with Crippen LogP contribution in [-0.4, -0.2) is 156 Å². The van der Waals surface area contributed by atoms with E-state index in [1.54, 1.807) is 17.2 Å². The molecule has 8 aromatic heterocycles. The number of fused-ring (bicyclic) bond motifs is 10. The van der Waals surface area contributed by atoms with Crippen LogP contribution in [0, 0.1) is 35.0 Å². The smallest absolute Gasteiger partial charge is 0.161 e. The SMILES string of the molecule is CN1CCC(c2cn(C)c3cc(Nc4ccc5c(c4)C(C4CCNCC4)=CC5)ccc23)CC1.CNC1CCc2[nH]c3nc(Nc4cc(F)c(F)cc4F)ccc3c2C1.CNC1CCc2c(c3ccc(Nc4ccc(F)c(F)c4)nc3n2C)C1.Cn1cc(C2CCCCC2)c2ccc(Nc3cccc(N4CCOCC4)c3)cc21.c1cc(N2CCOCC2)ccc1Nc1ccc2c(C3CCCCC3)c[nH]c2n1. The summed E-state index contributed by atoms with van der Waals surface area (Å²) in [5, 5.41) is 33.0. The van der Waals surface area contributed by atoms with Gasteiger partial charge in [-0.2, -0.15) is 0 Å². The van der Waals surface area contributed by atoms with E-state index in [0.29, 0.717) is 58.9 Å². The average Bonchev–Trinajstić information content (AvgIpc) is 1.61. The highest BCUT2D eigenvalue weighted by Gasteiger charge is 2.31. The summed E-state index contributed by atoms with van der Waals surface area (Å²) in [6, 6.07) is 55.9. The zero-order valence-electron chi connectivity index (χ0n) is 81.5. The van der Waals surface area contributed by atoms with Gasteiger partial charge in [-0.1, -0.05) is 68.9 Å². The first-order valence-electron chi connectivity index (χ1n) is 50.9. The number of likely N-dealkylation sites (N-methyl/N-ethyl adjacent to an activating group) is 2. The normalized spacial score (nSPS) is 18.3. The summed E-state index contributed by atoms with van der Waals surface area (Å²) in [5.41, 5.74) is 27.9. The minimum atomic E-state index is -1.22. The van der Waals surface area contributed by atoms with E-state index in [0.717, 1.165) is 180 Å². The third kappa shape index (κ3) is 21.5. The summed E-state index contributed by atoms with van der Waals surface area (Å²) in [4.78, 5) is 27.9. The van der Waals surface area contributed by atoms with Gasteiger partial charge in [0.25, 0.3) is 0 Å². The van der Waals surface area contributed by atoms with Gasteiger partial charge in [-0.05, 0) is 339 Å². The van der Waals surface area contributed by atoms with Crippen LogP contribution in [0.15, 0.2) is 195 Å². The number of aryl methyl sites for hydroxylation is 4. The van der Waals surface area contributed by atoms with Gasteiger partial charge in [0.1, 0.15) is 40.2 Å². The average molecular weight is 1900 g/mol. The Hall–Kier alpha value is -12.6. The molecule has 24 rings (SSSR count). The second kappa shape index (κ2) is 43.3. The van der Waals surface area contributed by atoms with Gasteiger partial charge in [0, 0.05) is 180 Å². The number of ether oxygens (including phenoxy) is 2. The minimum Gasteiger partial charge on any atom is -0.378 e. The number of anilines is 12. The first kappa shape index (κ1) is 95.0. The molecule has 4 saturated heterocycles. The Labute approximate surface area is 817 Å². The van der Waals surface area contributed by atoms with E-state index >= 15 is 0 Å². The Morgan fingerprint density at radius 3 is 1.61 bits per heavy atom. The molecular weight excluding hydrogens is 1760 g/mol. The lowest BCUT2D eigenvalue weighted by Gasteiger charge is -2.29. The van der Waals surface area contributed by atoms with E-state index in [4.69, 9.17) is 19.4 Å². The maximum absolute atomic E-state index is 13.8. The molecule has 10 N–H and O–H groups in total. The number of pyridine rings is 3. The Balaban J connectivity index is 0.000000108. The van der Waals surface area contributed by atoms with Gasteiger partial charge in [0.15, 0.2) is 23.3 Å². The number of hydrogen-bond donors (Lipinski definition) is 10. The Morgan fingerprint density at radius 2 is 0.943 bits per heavy atom. The van der Waals surface area contributed by atoms with Gasteiger partial charge < -0.3 is 90.4 Å². The predicted octanol–water partition coefficient (Wildman–Crippen LogP) is 24.1. The van der Waals surface area contributed by atoms with Crippen LogP contribution in [0.5, 0.6) is 0 Å². The van der Waals surface area contributed by atoms with Crippen molar-refractivity contribution < 1.29 is 31.4 Å². The molecule has 4 aliphatic heterocycles. The maximum atomic E-state index is 13.8. The van der Waals surface area contributed by atoms with Gasteiger partial charge in [-0.3, -0.25) is 0 Å². The van der Waals surface area contributed by atoms with Crippen LogP contribution in [0.2, 0.25) is 0 Å². The molecule has 26 heteroatoms. The molecular formula is C114H132F5N19O2. The molecule has 0 bridgehead atoms. The molecule has 2 saturated carbocycles. The van der Waals surface area contributed by atoms with Gasteiger partial charge >= 0.3 is 0 Å². The highest BCUT2D eigenvalue weighted by atomic mass is 19.2. The van der Waals surface area contributed by atoms with Gasteiger partial charge in [0.2, 0.25) is 0 Å². The van der Waals surface area contributed by atoms with Crippen molar-refractivity contribution in [2.75, 3.05) is 136 Å². The second-order valence-electron chi connectivity index (χ2n) is 39.7. The van der Waals surface area contributed by atoms with Crippen LogP contribution in [0.1, 0.15) is 171 Å². The number of likely N-dealkylation sites (tertiary alicyclic amines) is 1. The number of morpholine rings is 2. The summed E-state index contributed by atoms with van der Waals surface area (Å²) in [6.07, 6.45) is 35.1. The predicted molar refractivity (Wildman–Crippen MR) is 561 cm³/mol. The third-order valence-corrected chi connectivity index (χ3v) is 30.7. The molecule has 15 aromatic rings. The fourth-order valence-corrected chi connectivity index (χ4v) is 22.9. The monoisotopic (exact) mass is 1890 g/mol. The van der Waals surface area contributed by atoms with Crippen molar-refractivity contribution in [1.29, 1.82) is 0 Å². The van der Waals surface area contributed by atoms with Gasteiger partial charge in [-0.15, -0.1) is 0 Å². The summed E-state index contributed by atoms with van der Waals surface area (Å²) in [5.74, 6) is -0.272. The van der Waals surface area contributed by atoms with E-state index in [9.17, 15) is 22.0 Å². The van der Waals surface area contributed by atoms with Crippen LogP contribution in [0.3, 0.4) is 0 Å². The van der Waals surface area contributed by atoms with E-state index in [2.05, 4.69) is 253 Å². The van der Waals surface area contributed by atoms with Crippen molar-refractivity contribution in [1.82, 2.24) is 59.5 Å². The van der Waals surface area contributed by atoms with Crippen LogP contribution in [0.4, 0.5) is 90.6 Å². The van der Waals surface area contributed by atoms with Crippen LogP contribution in [0.25, 0.3) is 60.5 Å². The quantitative estimate of drug-likeness (QED) is 0.0286. The van der Waals surface area contributed by atoms with E-state index in [-0.39, 0.29) is 5.69 Å². The summed E-state index contributed by atoms with van der Waals surface area (Å²) < 4.78 is 84.3. The Morgan fingerprint density at radius 1 is 0.407 bits per heavy atom. The summed E-state index contributed by atoms with van der Waals surface area (Å²) in [6.45, 7) is 11.8. The lowest BCUT2D eigenvalue weighted by molar-refractivity contribution is 0.122. The van der Waals surface area contributed by atoms with E-state index < -0.39 is 29.1 Å². The molecule has 0 radical (unpaired) electrons. The third-order valence-electron chi connectivity index (χ3n) is 30.7. The zero-order chi connectivity index (χ0) is 95.9. The number of allylic oxidation sites excluding steroid dienone is 2. The molecule has 0 amide bonds. The van der Waals surface area contributed by atoms with Gasteiger partial charge in [-0.25, -0.2) is 36.9 Å². The minimum absolute atomic E-state index is 0.155. The number of piperidine rings is 2. The van der Waals surface area contributed by atoms with Crippen molar-refractivity contribution in [3.63, 3.8) is 0 Å². The Kier molecular flexibility index (Phi) is 29.4. The van der Waals surface area contributed by atoms with Crippen LogP contribution < -0.4 is 52.3 Å². The molecule has 7 aromatic carbocycles. The van der Waals surface area contributed by atoms with Crippen molar-refractivity contribution in [3.8, 4) is 0 Å². The van der Waals surface area contributed by atoms with Crippen molar-refractivity contribution >= 4 is 129 Å². The van der Waals surface area contributed by atoms with E-state index in [1.807, 2.05) is 33.3 Å². The molecule has 2 unspecified atom stereocenters. The molecule has 730 valence electrons. The topological polar surface area (TPSA) is 209 Å². The molecule has 0 spiro atoms. The molecule has 140 heavy (non-hydrogen) atoms. The number of nitrogens with zero attached hydrogens (tertiary/aromatic N) is 9. The number of halogens is 5. The molecule has 21 nitrogen and oxygen atoms in total. The molecule has 12 heterocycles. The van der Waals surface area contributed by atoms with Crippen molar-refractivity contribution in [3.05, 3.63) is 274 Å². The summed E-state index contributed by atoms with van der Waals surface area (Å²) >= 11 is 0. The first-order valence-corrected chi connectivity index (χ1v) is 50.9.